The summed E-state index contributed by atoms with van der Waals surface area (Å²) in [6, 6.07) is 0. The molecule has 0 atom stereocenters. The Labute approximate surface area is 167 Å². The number of hydrogen-bond donors (Lipinski definition) is 0. The van der Waals surface area contributed by atoms with E-state index in [0.717, 1.165) is 0 Å². The van der Waals surface area contributed by atoms with Crippen molar-refractivity contribution in [3.63, 3.8) is 0 Å². The van der Waals surface area contributed by atoms with Crippen molar-refractivity contribution >= 4 is 0 Å². The summed E-state index contributed by atoms with van der Waals surface area (Å²) in [5, 5.41) is 0. The van der Waals surface area contributed by atoms with Gasteiger partial charge in [0, 0.05) is 0 Å². The minimum Gasteiger partial charge on any atom is -0.0447 e. The second kappa shape index (κ2) is 9.07. The smallest absolute Gasteiger partial charge is 0.0447 e. The third-order valence-corrected chi connectivity index (χ3v) is 6.75. The first-order valence-electron chi connectivity index (χ1n) is 9.00. The first kappa shape index (κ1) is 24.0. The first-order valence-corrected chi connectivity index (χ1v) is 9.00. The van der Waals surface area contributed by atoms with Crippen molar-refractivity contribution in [2.75, 3.05) is 0 Å². The molecular formula is C24H36Cr+2. The van der Waals surface area contributed by atoms with Crippen molar-refractivity contribution in [1.29, 1.82) is 0 Å². The van der Waals surface area contributed by atoms with E-state index < -0.39 is 0 Å². The zero-order chi connectivity index (χ0) is 18.9. The van der Waals surface area contributed by atoms with Crippen LogP contribution in [-0.2, 0) is 17.4 Å². The van der Waals surface area contributed by atoms with Crippen LogP contribution in [0.5, 0.6) is 0 Å². The van der Waals surface area contributed by atoms with Crippen LogP contribution in [0.4, 0.5) is 0 Å². The van der Waals surface area contributed by atoms with Crippen LogP contribution in [0.15, 0.2) is 0 Å². The van der Waals surface area contributed by atoms with Crippen molar-refractivity contribution in [1.82, 2.24) is 0 Å². The maximum absolute atomic E-state index is 2.21. The maximum atomic E-state index is 2.21. The number of rotatable bonds is 0. The molecule has 25 heavy (non-hydrogen) atoms. The molecule has 0 heterocycles. The second-order valence-electron chi connectivity index (χ2n) is 7.50. The number of hydrogen-bond acceptors (Lipinski definition) is 0. The molecule has 1 heteroatoms. The molecule has 0 nitrogen and oxygen atoms in total. The second-order valence-corrected chi connectivity index (χ2v) is 7.50. The Kier molecular flexibility index (Phi) is 8.70. The van der Waals surface area contributed by atoms with Crippen LogP contribution in [0.3, 0.4) is 0 Å². The fourth-order valence-corrected chi connectivity index (χ4v) is 3.38. The zero-order valence-corrected chi connectivity index (χ0v) is 19.7. The summed E-state index contributed by atoms with van der Waals surface area (Å²) in [5.74, 6) is 0. The molecule has 0 bridgehead atoms. The third-order valence-electron chi connectivity index (χ3n) is 6.75. The van der Waals surface area contributed by atoms with Crippen LogP contribution >= 0.6 is 0 Å². The van der Waals surface area contributed by atoms with E-state index in [1.165, 1.54) is 66.8 Å². The molecule has 0 saturated heterocycles. The van der Waals surface area contributed by atoms with Gasteiger partial charge in [0.25, 0.3) is 0 Å². The van der Waals surface area contributed by atoms with Gasteiger partial charge in [0.1, 0.15) is 0 Å². The molecular weight excluding hydrogens is 340 g/mol. The Hall–Kier alpha value is -1.03. The molecule has 0 radical (unpaired) electrons. The van der Waals surface area contributed by atoms with Gasteiger partial charge in [0.05, 0.1) is 0 Å². The van der Waals surface area contributed by atoms with Crippen LogP contribution in [0.2, 0.25) is 0 Å². The molecule has 0 spiro atoms. The molecule has 0 unspecified atom stereocenters. The summed E-state index contributed by atoms with van der Waals surface area (Å²) in [6.07, 6.45) is 0. The summed E-state index contributed by atoms with van der Waals surface area (Å²) in [7, 11) is 0. The topological polar surface area (TPSA) is 0 Å². The fourth-order valence-electron chi connectivity index (χ4n) is 3.38. The predicted octanol–water partition coefficient (Wildman–Crippen LogP) is 7.07. The molecule has 0 N–H and O–H groups in total. The largest absolute Gasteiger partial charge is 2.00 e. The summed E-state index contributed by atoms with van der Waals surface area (Å²) in [6.45, 7) is 26.5. The van der Waals surface area contributed by atoms with Gasteiger partial charge in [0.15, 0.2) is 0 Å². The number of benzene rings is 2. The molecule has 0 saturated carbocycles. The molecule has 0 amide bonds. The molecule has 0 aliphatic rings. The quantitative estimate of drug-likeness (QED) is 0.461. The van der Waals surface area contributed by atoms with Gasteiger partial charge in [-0.15, -0.1) is 0 Å². The van der Waals surface area contributed by atoms with Crippen LogP contribution in [0, 0.1) is 83.1 Å². The van der Waals surface area contributed by atoms with E-state index in [9.17, 15) is 0 Å². The van der Waals surface area contributed by atoms with Crippen molar-refractivity contribution in [3.8, 4) is 0 Å². The Morgan fingerprint density at radius 3 is 0.280 bits per heavy atom. The van der Waals surface area contributed by atoms with Crippen LogP contribution in [0.1, 0.15) is 66.8 Å². The van der Waals surface area contributed by atoms with Gasteiger partial charge in [-0.25, -0.2) is 0 Å². The van der Waals surface area contributed by atoms with Crippen LogP contribution in [0.25, 0.3) is 0 Å². The van der Waals surface area contributed by atoms with Gasteiger partial charge in [-0.1, -0.05) is 0 Å². The van der Waals surface area contributed by atoms with E-state index in [4.69, 9.17) is 0 Å². The average molecular weight is 377 g/mol. The van der Waals surface area contributed by atoms with Gasteiger partial charge < -0.3 is 0 Å². The summed E-state index contributed by atoms with van der Waals surface area (Å²) < 4.78 is 0. The molecule has 136 valence electrons. The van der Waals surface area contributed by atoms with Gasteiger partial charge in [-0.05, 0) is 150 Å². The van der Waals surface area contributed by atoms with E-state index in [0.29, 0.717) is 0 Å². The molecule has 0 aliphatic carbocycles. The van der Waals surface area contributed by atoms with Crippen molar-refractivity contribution in [2.45, 2.75) is 83.1 Å². The summed E-state index contributed by atoms with van der Waals surface area (Å²) >= 11 is 0. The standard InChI is InChI=1S/2C12H18.Cr/c2*1-7-8(2)10(4)12(6)11(5)9(7)3;/h2*1-6H3;/q;;+2. The van der Waals surface area contributed by atoms with Gasteiger partial charge in [-0.2, -0.15) is 0 Å². The van der Waals surface area contributed by atoms with E-state index >= 15 is 0 Å². The summed E-state index contributed by atoms with van der Waals surface area (Å²) in [5.41, 5.74) is 17.5. The Morgan fingerprint density at radius 1 is 0.200 bits per heavy atom. The monoisotopic (exact) mass is 376 g/mol. The van der Waals surface area contributed by atoms with Gasteiger partial charge in [0.2, 0.25) is 0 Å². The van der Waals surface area contributed by atoms with Crippen molar-refractivity contribution in [3.05, 3.63) is 66.8 Å². The fraction of sp³-hybridized carbons (Fsp3) is 0.500. The Balaban J connectivity index is 0.000000443. The van der Waals surface area contributed by atoms with Gasteiger partial charge >= 0.3 is 17.4 Å². The zero-order valence-electron chi connectivity index (χ0n) is 18.4. The van der Waals surface area contributed by atoms with Gasteiger partial charge in [-0.3, -0.25) is 0 Å². The molecule has 0 fully saturated rings. The predicted molar refractivity (Wildman–Crippen MR) is 110 cm³/mol. The Bertz CT molecular complexity index is 502. The summed E-state index contributed by atoms with van der Waals surface area (Å²) in [4.78, 5) is 0. The van der Waals surface area contributed by atoms with Crippen molar-refractivity contribution < 1.29 is 17.4 Å². The molecule has 0 aromatic heterocycles. The average Bonchev–Trinajstić information content (AvgIpc) is 2.58. The van der Waals surface area contributed by atoms with Crippen LogP contribution < -0.4 is 0 Å². The van der Waals surface area contributed by atoms with Crippen LogP contribution in [-0.4, -0.2) is 0 Å². The molecule has 2 aromatic rings. The molecule has 2 aromatic carbocycles. The Morgan fingerprint density at radius 2 is 0.240 bits per heavy atom. The normalized spacial score (nSPS) is 10.1. The maximum Gasteiger partial charge on any atom is 2.00 e. The van der Waals surface area contributed by atoms with Crippen molar-refractivity contribution in [2.24, 2.45) is 0 Å². The van der Waals surface area contributed by atoms with E-state index in [-0.39, 0.29) is 17.4 Å². The first-order chi connectivity index (χ1) is 10.9. The van der Waals surface area contributed by atoms with E-state index in [1.54, 1.807) is 0 Å². The molecule has 0 aliphatic heterocycles. The SMILES string of the molecule is Cc1c(C)c(C)c(C)c(C)c1C.Cc1c(C)c(C)c(C)c(C)c1C.[Cr+2]. The minimum absolute atomic E-state index is 0. The minimum atomic E-state index is 0. The van der Waals surface area contributed by atoms with E-state index in [1.807, 2.05) is 0 Å². The third kappa shape index (κ3) is 4.58. The van der Waals surface area contributed by atoms with E-state index in [2.05, 4.69) is 83.1 Å². The molecule has 2 rings (SSSR count).